The SMILES string of the molecule is CCCCCCCCCCCCCCCCCC(=O)O[C@H]1[C@H](C)OC(=O)[C@@H](NC(=O)c2nccc(OC)c2O)COC(=O)[C@@H]1Cc1ccccc1. The molecule has 1 saturated heterocycles. The number of aromatic nitrogens is 1. The molecule has 1 amide bonds. The average Bonchev–Trinajstić information content (AvgIpc) is 3.16. The van der Waals surface area contributed by atoms with Crippen LogP contribution < -0.4 is 10.1 Å². The van der Waals surface area contributed by atoms with E-state index in [1.54, 1.807) is 6.92 Å². The summed E-state index contributed by atoms with van der Waals surface area (Å²) < 4.78 is 22.1. The summed E-state index contributed by atoms with van der Waals surface area (Å²) in [5.41, 5.74) is 0.430. The number of aromatic hydroxyl groups is 1. The molecule has 11 heteroatoms. The number of hydrogen-bond acceptors (Lipinski definition) is 10. The number of benzene rings is 1. The zero-order valence-corrected chi connectivity index (χ0v) is 30.7. The number of hydrogen-bond donors (Lipinski definition) is 2. The van der Waals surface area contributed by atoms with Gasteiger partial charge in [-0.15, -0.1) is 0 Å². The minimum atomic E-state index is -1.41. The Labute approximate surface area is 303 Å². The summed E-state index contributed by atoms with van der Waals surface area (Å²) in [6.07, 6.45) is 17.7. The van der Waals surface area contributed by atoms with Gasteiger partial charge in [-0.2, -0.15) is 0 Å². The van der Waals surface area contributed by atoms with Crippen LogP contribution in [0.2, 0.25) is 0 Å². The summed E-state index contributed by atoms with van der Waals surface area (Å²) in [6, 6.07) is 9.19. The van der Waals surface area contributed by atoms with Crippen molar-refractivity contribution in [2.24, 2.45) is 5.92 Å². The van der Waals surface area contributed by atoms with Crippen LogP contribution in [0.1, 0.15) is 133 Å². The summed E-state index contributed by atoms with van der Waals surface area (Å²) in [7, 11) is 1.32. The number of carbonyl (C=O) groups excluding carboxylic acids is 4. The van der Waals surface area contributed by atoms with Gasteiger partial charge < -0.3 is 29.4 Å². The second-order valence-electron chi connectivity index (χ2n) is 13.5. The third kappa shape index (κ3) is 14.5. The van der Waals surface area contributed by atoms with Crippen molar-refractivity contribution in [2.75, 3.05) is 13.7 Å². The van der Waals surface area contributed by atoms with Gasteiger partial charge in [-0.1, -0.05) is 127 Å². The second-order valence-corrected chi connectivity index (χ2v) is 13.5. The normalized spacial score (nSPS) is 19.2. The van der Waals surface area contributed by atoms with Crippen molar-refractivity contribution >= 4 is 23.8 Å². The van der Waals surface area contributed by atoms with Crippen molar-refractivity contribution in [3.63, 3.8) is 0 Å². The lowest BCUT2D eigenvalue weighted by molar-refractivity contribution is -0.174. The summed E-state index contributed by atoms with van der Waals surface area (Å²) in [5.74, 6) is -4.44. The number of methoxy groups -OCH3 is 1. The highest BCUT2D eigenvalue weighted by Crippen LogP contribution is 2.28. The molecule has 0 saturated carbocycles. The molecule has 0 spiro atoms. The Balaban J connectivity index is 1.52. The number of nitrogens with zero attached hydrogens (tertiary/aromatic N) is 1. The molecule has 2 aromatic rings. The van der Waals surface area contributed by atoms with E-state index in [1.807, 2.05) is 30.3 Å². The molecule has 2 N–H and O–H groups in total. The molecule has 1 aromatic carbocycles. The molecule has 2 heterocycles. The lowest BCUT2D eigenvalue weighted by Gasteiger charge is -2.29. The van der Waals surface area contributed by atoms with Gasteiger partial charge >= 0.3 is 17.9 Å². The van der Waals surface area contributed by atoms with Crippen LogP contribution in [0, 0.1) is 5.92 Å². The highest BCUT2D eigenvalue weighted by Gasteiger charge is 2.42. The van der Waals surface area contributed by atoms with Crippen molar-refractivity contribution in [3.05, 3.63) is 53.9 Å². The van der Waals surface area contributed by atoms with Crippen LogP contribution in [0.25, 0.3) is 0 Å². The highest BCUT2D eigenvalue weighted by atomic mass is 16.6. The third-order valence-electron chi connectivity index (χ3n) is 9.32. The van der Waals surface area contributed by atoms with E-state index < -0.39 is 60.3 Å². The van der Waals surface area contributed by atoms with Crippen molar-refractivity contribution < 1.29 is 43.2 Å². The van der Waals surface area contributed by atoms with Gasteiger partial charge in [-0.25, -0.2) is 9.78 Å². The molecule has 11 nitrogen and oxygen atoms in total. The monoisotopic (exact) mass is 710 g/mol. The molecule has 0 bridgehead atoms. The molecule has 3 rings (SSSR count). The second kappa shape index (κ2) is 23.3. The van der Waals surface area contributed by atoms with E-state index in [4.69, 9.17) is 18.9 Å². The molecule has 51 heavy (non-hydrogen) atoms. The third-order valence-corrected chi connectivity index (χ3v) is 9.32. The number of esters is 3. The Morgan fingerprint density at radius 2 is 1.45 bits per heavy atom. The van der Waals surface area contributed by atoms with Crippen LogP contribution in [-0.2, 0) is 35.0 Å². The molecule has 1 aliphatic rings. The summed E-state index contributed by atoms with van der Waals surface area (Å²) in [6.45, 7) is 3.26. The minimum Gasteiger partial charge on any atom is -0.503 e. The highest BCUT2D eigenvalue weighted by molar-refractivity contribution is 5.98. The van der Waals surface area contributed by atoms with Crippen LogP contribution >= 0.6 is 0 Å². The van der Waals surface area contributed by atoms with E-state index in [2.05, 4.69) is 17.2 Å². The quantitative estimate of drug-likeness (QED) is 0.0718. The molecular weight excluding hydrogens is 652 g/mol. The molecule has 282 valence electrons. The largest absolute Gasteiger partial charge is 0.503 e. The minimum absolute atomic E-state index is 0.0185. The first-order valence-corrected chi connectivity index (χ1v) is 18.9. The molecular formula is C40H58N2O9. The van der Waals surface area contributed by atoms with Crippen LogP contribution in [0.4, 0.5) is 0 Å². The number of cyclic esters (lactones) is 2. The smallest absolute Gasteiger partial charge is 0.332 e. The average molecular weight is 711 g/mol. The fraction of sp³-hybridized carbons (Fsp3) is 0.625. The number of nitrogens with one attached hydrogen (secondary N) is 1. The Bertz CT molecular complexity index is 1350. The van der Waals surface area contributed by atoms with E-state index in [1.165, 1.54) is 90.0 Å². The zero-order valence-electron chi connectivity index (χ0n) is 30.7. The first-order valence-electron chi connectivity index (χ1n) is 18.9. The van der Waals surface area contributed by atoms with E-state index in [0.717, 1.165) is 24.8 Å². The Morgan fingerprint density at radius 1 is 0.863 bits per heavy atom. The number of unbranched alkanes of at least 4 members (excludes halogenated alkanes) is 14. The summed E-state index contributed by atoms with van der Waals surface area (Å²) in [5, 5.41) is 12.8. The molecule has 1 aliphatic heterocycles. The van der Waals surface area contributed by atoms with Gasteiger partial charge in [-0.3, -0.25) is 14.4 Å². The maximum atomic E-state index is 13.6. The Hall–Kier alpha value is -4.15. The first-order chi connectivity index (χ1) is 24.7. The number of carbonyl (C=O) groups is 4. The van der Waals surface area contributed by atoms with E-state index in [-0.39, 0.29) is 24.3 Å². The molecule has 0 aliphatic carbocycles. The van der Waals surface area contributed by atoms with Crippen LogP contribution in [0.3, 0.4) is 0 Å². The lowest BCUT2D eigenvalue weighted by atomic mass is 9.91. The lowest BCUT2D eigenvalue weighted by Crippen LogP contribution is -2.46. The van der Waals surface area contributed by atoms with Gasteiger partial charge in [0.05, 0.1) is 7.11 Å². The summed E-state index contributed by atoms with van der Waals surface area (Å²) in [4.78, 5) is 56.8. The predicted molar refractivity (Wildman–Crippen MR) is 193 cm³/mol. The predicted octanol–water partition coefficient (Wildman–Crippen LogP) is 7.41. The van der Waals surface area contributed by atoms with Crippen LogP contribution in [0.5, 0.6) is 11.5 Å². The number of ether oxygens (including phenoxy) is 4. The van der Waals surface area contributed by atoms with Gasteiger partial charge in [0.15, 0.2) is 29.3 Å². The van der Waals surface area contributed by atoms with Crippen LogP contribution in [-0.4, -0.2) is 65.9 Å². The Morgan fingerprint density at radius 3 is 2.04 bits per heavy atom. The van der Waals surface area contributed by atoms with E-state index in [9.17, 15) is 24.3 Å². The van der Waals surface area contributed by atoms with Gasteiger partial charge in [0.25, 0.3) is 5.91 Å². The van der Waals surface area contributed by atoms with Crippen molar-refractivity contribution in [1.82, 2.24) is 10.3 Å². The number of rotatable bonds is 22. The molecule has 4 atom stereocenters. The Kier molecular flexibility index (Phi) is 18.9. The van der Waals surface area contributed by atoms with Crippen molar-refractivity contribution in [3.8, 4) is 11.5 Å². The standard InChI is InChI=1S/C40H58N2O9/c1-4-5-6-7-8-9-10-11-12-13-14-15-16-17-21-24-34(43)51-37-29(2)50-40(47)32(42-38(45)35-36(44)33(48-3)25-26-41-35)28-49-39(46)31(37)27-30-22-19-18-20-23-30/h18-20,22-23,25-26,29,31-32,37,44H,4-17,21,24,27-28H2,1-3H3,(H,42,45)/t29-,31+,32-,37-/m0/s1. The topological polar surface area (TPSA) is 150 Å². The fourth-order valence-electron chi connectivity index (χ4n) is 6.33. The molecule has 1 aromatic heterocycles. The maximum Gasteiger partial charge on any atom is 0.332 e. The van der Waals surface area contributed by atoms with Crippen molar-refractivity contribution in [1.29, 1.82) is 0 Å². The van der Waals surface area contributed by atoms with E-state index in [0.29, 0.717) is 6.42 Å². The van der Waals surface area contributed by atoms with Crippen LogP contribution in [0.15, 0.2) is 42.6 Å². The summed E-state index contributed by atoms with van der Waals surface area (Å²) >= 11 is 0. The van der Waals surface area contributed by atoms with E-state index >= 15 is 0 Å². The molecule has 0 unspecified atom stereocenters. The maximum absolute atomic E-state index is 13.6. The van der Waals surface area contributed by atoms with Gasteiger partial charge in [0.2, 0.25) is 0 Å². The number of amides is 1. The van der Waals surface area contributed by atoms with Crippen molar-refractivity contribution in [2.45, 2.75) is 141 Å². The zero-order chi connectivity index (χ0) is 36.8. The molecule has 1 fully saturated rings. The first kappa shape index (κ1) is 41.3. The molecule has 0 radical (unpaired) electrons. The van der Waals surface area contributed by atoms with Gasteiger partial charge in [0, 0.05) is 18.7 Å². The fourth-order valence-corrected chi connectivity index (χ4v) is 6.33. The van der Waals surface area contributed by atoms with Gasteiger partial charge in [0.1, 0.15) is 18.6 Å². The van der Waals surface area contributed by atoms with Gasteiger partial charge in [-0.05, 0) is 25.3 Å². The number of pyridine rings is 1.